The van der Waals surface area contributed by atoms with Crippen LogP contribution >= 0.6 is 11.6 Å². The number of carbonyl (C=O) groups is 1. The van der Waals surface area contributed by atoms with Gasteiger partial charge in [-0.15, -0.1) is 10.2 Å². The number of piperazine rings is 1. The number of ether oxygens (including phenoxy) is 1. The van der Waals surface area contributed by atoms with Crippen LogP contribution in [0, 0.1) is 0 Å². The Labute approximate surface area is 229 Å². The number of methoxy groups -OCH3 is 1. The van der Waals surface area contributed by atoms with Gasteiger partial charge in [-0.3, -0.25) is 4.79 Å². The van der Waals surface area contributed by atoms with Crippen LogP contribution in [-0.2, 0) is 14.8 Å². The first-order chi connectivity index (χ1) is 18.2. The van der Waals surface area contributed by atoms with Crippen LogP contribution in [0.15, 0.2) is 65.6 Å². The summed E-state index contributed by atoms with van der Waals surface area (Å²) >= 11 is 5.93. The molecule has 9 nitrogen and oxygen atoms in total. The van der Waals surface area contributed by atoms with Gasteiger partial charge in [0, 0.05) is 42.8 Å². The maximum atomic E-state index is 13.3. The lowest BCUT2D eigenvalue weighted by Gasteiger charge is -2.36. The third-order valence-electron chi connectivity index (χ3n) is 6.77. The van der Waals surface area contributed by atoms with Crippen LogP contribution in [0.3, 0.4) is 0 Å². The van der Waals surface area contributed by atoms with E-state index in [0.29, 0.717) is 37.6 Å². The topological polar surface area (TPSA) is 95.9 Å². The minimum absolute atomic E-state index is 0.121. The lowest BCUT2D eigenvalue weighted by atomic mass is 10.1. The van der Waals surface area contributed by atoms with E-state index in [1.807, 2.05) is 50.2 Å². The molecule has 202 valence electrons. The van der Waals surface area contributed by atoms with Crippen molar-refractivity contribution < 1.29 is 17.9 Å². The Morgan fingerprint density at radius 3 is 2.37 bits per heavy atom. The summed E-state index contributed by atoms with van der Waals surface area (Å²) in [5.74, 6) is 1.26. The number of aromatic nitrogens is 2. The quantitative estimate of drug-likeness (QED) is 0.393. The summed E-state index contributed by atoms with van der Waals surface area (Å²) < 4.78 is 33.3. The molecule has 1 fully saturated rings. The first-order valence-corrected chi connectivity index (χ1v) is 14.3. The summed E-state index contributed by atoms with van der Waals surface area (Å²) in [5.41, 5.74) is 1.66. The van der Waals surface area contributed by atoms with Crippen LogP contribution in [0.5, 0.6) is 5.75 Å². The molecule has 0 unspecified atom stereocenters. The molecular formula is C27H32ClN5O4S. The first-order valence-electron chi connectivity index (χ1n) is 12.5. The van der Waals surface area contributed by atoms with Gasteiger partial charge in [0.15, 0.2) is 5.82 Å². The van der Waals surface area contributed by atoms with Crippen LogP contribution in [0.25, 0.3) is 11.3 Å². The maximum absolute atomic E-state index is 13.3. The van der Waals surface area contributed by atoms with Gasteiger partial charge in [-0.05, 0) is 61.9 Å². The number of hydrogen-bond acceptors (Lipinski definition) is 7. The second-order valence-electron chi connectivity index (χ2n) is 9.14. The van der Waals surface area contributed by atoms with E-state index in [9.17, 15) is 13.2 Å². The van der Waals surface area contributed by atoms with Crippen molar-refractivity contribution >= 4 is 33.3 Å². The molecule has 1 aromatic heterocycles. The lowest BCUT2D eigenvalue weighted by Crippen LogP contribution is -2.53. The van der Waals surface area contributed by atoms with Crippen molar-refractivity contribution in [2.45, 2.75) is 31.2 Å². The second-order valence-corrected chi connectivity index (χ2v) is 11.5. The number of sulfonamides is 1. The predicted octanol–water partition coefficient (Wildman–Crippen LogP) is 3.94. The molecule has 1 aliphatic heterocycles. The molecule has 0 N–H and O–H groups in total. The van der Waals surface area contributed by atoms with Gasteiger partial charge in [-0.25, -0.2) is 8.42 Å². The zero-order valence-corrected chi connectivity index (χ0v) is 23.3. The average molecular weight is 558 g/mol. The molecule has 0 radical (unpaired) electrons. The highest BCUT2D eigenvalue weighted by Crippen LogP contribution is 2.24. The SMILES string of the molecule is CC[C@@H](C)N(CC(=O)N1CCN(c2ccc(-c3cccc(OC)c3)nn2)CC1)S(=O)(=O)c1ccc(Cl)cc1. The standard InChI is InChI=1S/C27H32ClN5O4S/c1-4-20(2)33(38(35,36)24-10-8-22(28)9-11-24)19-27(34)32-16-14-31(15-17-32)26-13-12-25(29-30-26)21-6-5-7-23(18-21)37-3/h5-13,18,20H,4,14-17,19H2,1-3H3/t20-/m1/s1. The van der Waals surface area contributed by atoms with Crippen LogP contribution < -0.4 is 9.64 Å². The number of halogens is 1. The molecule has 1 atom stereocenters. The van der Waals surface area contributed by atoms with E-state index in [0.717, 1.165) is 22.8 Å². The summed E-state index contributed by atoms with van der Waals surface area (Å²) in [5, 5.41) is 9.22. The summed E-state index contributed by atoms with van der Waals surface area (Å²) in [4.78, 5) is 17.1. The van der Waals surface area contributed by atoms with Crippen molar-refractivity contribution in [3.05, 3.63) is 65.7 Å². The highest BCUT2D eigenvalue weighted by atomic mass is 35.5. The van der Waals surface area contributed by atoms with Gasteiger partial charge < -0.3 is 14.5 Å². The fourth-order valence-electron chi connectivity index (χ4n) is 4.27. The van der Waals surface area contributed by atoms with Gasteiger partial charge in [0.2, 0.25) is 15.9 Å². The third-order valence-corrected chi connectivity index (χ3v) is 8.99. The van der Waals surface area contributed by atoms with Gasteiger partial charge >= 0.3 is 0 Å². The molecule has 0 bridgehead atoms. The van der Waals surface area contributed by atoms with E-state index in [2.05, 4.69) is 15.1 Å². The number of anilines is 1. The number of benzene rings is 2. The van der Waals surface area contributed by atoms with E-state index in [1.54, 1.807) is 12.0 Å². The van der Waals surface area contributed by atoms with Crippen LogP contribution in [-0.4, -0.2) is 79.6 Å². The van der Waals surface area contributed by atoms with Crippen LogP contribution in [0.2, 0.25) is 5.02 Å². The number of carbonyl (C=O) groups excluding carboxylic acids is 1. The van der Waals surface area contributed by atoms with E-state index in [1.165, 1.54) is 28.6 Å². The zero-order chi connectivity index (χ0) is 27.3. The van der Waals surface area contributed by atoms with E-state index < -0.39 is 10.0 Å². The Bertz CT molecular complexity index is 1340. The fourth-order valence-corrected chi connectivity index (χ4v) is 6.05. The normalized spacial score (nSPS) is 15.0. The van der Waals surface area contributed by atoms with Crippen molar-refractivity contribution in [3.8, 4) is 17.0 Å². The Morgan fingerprint density at radius 2 is 1.76 bits per heavy atom. The molecule has 11 heteroatoms. The van der Waals surface area contributed by atoms with Crippen molar-refractivity contribution in [2.24, 2.45) is 0 Å². The molecule has 0 saturated carbocycles. The fraction of sp³-hybridized carbons (Fsp3) is 0.370. The molecule has 4 rings (SSSR count). The van der Waals surface area contributed by atoms with Crippen molar-refractivity contribution in [3.63, 3.8) is 0 Å². The molecule has 1 saturated heterocycles. The van der Waals surface area contributed by atoms with Gasteiger partial charge in [-0.1, -0.05) is 30.7 Å². The third kappa shape index (κ3) is 6.25. The molecule has 1 aliphatic rings. The smallest absolute Gasteiger partial charge is 0.243 e. The largest absolute Gasteiger partial charge is 0.497 e. The second kappa shape index (κ2) is 12.1. The van der Waals surface area contributed by atoms with Gasteiger partial charge in [0.05, 0.1) is 24.2 Å². The minimum atomic E-state index is -3.86. The number of nitrogens with zero attached hydrogens (tertiary/aromatic N) is 5. The highest BCUT2D eigenvalue weighted by Gasteiger charge is 2.32. The molecular weight excluding hydrogens is 526 g/mol. The molecule has 3 aromatic rings. The first kappa shape index (κ1) is 27.8. The predicted molar refractivity (Wildman–Crippen MR) is 148 cm³/mol. The monoisotopic (exact) mass is 557 g/mol. The summed E-state index contributed by atoms with van der Waals surface area (Å²) in [6.07, 6.45) is 0.582. The number of rotatable bonds is 9. The van der Waals surface area contributed by atoms with E-state index in [-0.39, 0.29) is 23.4 Å². The van der Waals surface area contributed by atoms with Crippen LogP contribution in [0.4, 0.5) is 5.82 Å². The van der Waals surface area contributed by atoms with E-state index in [4.69, 9.17) is 16.3 Å². The van der Waals surface area contributed by atoms with Crippen molar-refractivity contribution in [1.82, 2.24) is 19.4 Å². The van der Waals surface area contributed by atoms with Crippen molar-refractivity contribution in [2.75, 3.05) is 44.7 Å². The van der Waals surface area contributed by atoms with Gasteiger partial charge in [0.25, 0.3) is 0 Å². The summed E-state index contributed by atoms with van der Waals surface area (Å²) in [6, 6.07) is 17.2. The molecule has 2 heterocycles. The number of hydrogen-bond donors (Lipinski definition) is 0. The Kier molecular flexibility index (Phi) is 8.86. The van der Waals surface area contributed by atoms with Crippen molar-refractivity contribution in [1.29, 1.82) is 0 Å². The van der Waals surface area contributed by atoms with Gasteiger partial charge in [0.1, 0.15) is 5.75 Å². The molecule has 2 aromatic carbocycles. The van der Waals surface area contributed by atoms with Crippen LogP contribution in [0.1, 0.15) is 20.3 Å². The Morgan fingerprint density at radius 1 is 1.05 bits per heavy atom. The Balaban J connectivity index is 1.39. The Hall–Kier alpha value is -3.21. The van der Waals surface area contributed by atoms with Gasteiger partial charge in [-0.2, -0.15) is 4.31 Å². The molecule has 38 heavy (non-hydrogen) atoms. The molecule has 1 amide bonds. The minimum Gasteiger partial charge on any atom is -0.497 e. The lowest BCUT2D eigenvalue weighted by molar-refractivity contribution is -0.132. The van der Waals surface area contributed by atoms with E-state index >= 15 is 0 Å². The molecule has 0 aliphatic carbocycles. The number of amides is 1. The maximum Gasteiger partial charge on any atom is 0.243 e. The average Bonchev–Trinajstić information content (AvgIpc) is 2.95. The summed E-state index contributed by atoms with van der Waals surface area (Å²) in [7, 11) is -2.23. The zero-order valence-electron chi connectivity index (χ0n) is 21.7. The summed E-state index contributed by atoms with van der Waals surface area (Å²) in [6.45, 7) is 5.58. The highest BCUT2D eigenvalue weighted by molar-refractivity contribution is 7.89. The molecule has 0 spiro atoms.